The van der Waals surface area contributed by atoms with Crippen LogP contribution < -0.4 is 20.1 Å². The summed E-state index contributed by atoms with van der Waals surface area (Å²) in [7, 11) is 3.34. The Labute approximate surface area is 249 Å². The molecule has 8 nitrogen and oxygen atoms in total. The number of ether oxygens (including phenoxy) is 1. The van der Waals surface area contributed by atoms with E-state index in [9.17, 15) is 14.9 Å². The number of methoxy groups -OCH3 is 1. The highest BCUT2D eigenvalue weighted by molar-refractivity contribution is 8.26. The molecule has 2 saturated heterocycles. The average molecular weight is 586 g/mol. The molecule has 2 aliphatic rings. The summed E-state index contributed by atoms with van der Waals surface area (Å²) in [5.74, 6) is 1.36. The van der Waals surface area contributed by atoms with Crippen LogP contribution in [0.2, 0.25) is 0 Å². The number of thiocarbonyl (C=S) groups is 1. The van der Waals surface area contributed by atoms with Crippen molar-refractivity contribution in [1.29, 1.82) is 5.26 Å². The number of amides is 1. The van der Waals surface area contributed by atoms with Gasteiger partial charge in [0.15, 0.2) is 0 Å². The number of nitriles is 1. The summed E-state index contributed by atoms with van der Waals surface area (Å²) >= 11 is 6.84. The van der Waals surface area contributed by atoms with Gasteiger partial charge in [-0.3, -0.25) is 19.1 Å². The van der Waals surface area contributed by atoms with Crippen LogP contribution in [-0.2, 0) is 18.3 Å². The SMILES string of the molecule is COc1ccc(N2CCN(c3c(/C=C4\SC(=S)N(CCc5ccccc5)C4=O)c(C)c(C#N)c(=O)n3C)CC2)cc1. The van der Waals surface area contributed by atoms with Crippen LogP contribution in [0.1, 0.15) is 22.3 Å². The zero-order valence-corrected chi connectivity index (χ0v) is 24.9. The van der Waals surface area contributed by atoms with Crippen LogP contribution in [0.25, 0.3) is 6.08 Å². The van der Waals surface area contributed by atoms with Gasteiger partial charge >= 0.3 is 0 Å². The molecule has 0 atom stereocenters. The van der Waals surface area contributed by atoms with Crippen LogP contribution in [0, 0.1) is 18.3 Å². The van der Waals surface area contributed by atoms with E-state index in [1.54, 1.807) is 26.0 Å². The van der Waals surface area contributed by atoms with Crippen molar-refractivity contribution in [2.45, 2.75) is 13.3 Å². The Kier molecular flexibility index (Phi) is 8.47. The van der Waals surface area contributed by atoms with Crippen molar-refractivity contribution in [2.24, 2.45) is 7.05 Å². The molecule has 0 saturated carbocycles. The lowest BCUT2D eigenvalue weighted by atomic mass is 10.0. The average Bonchev–Trinajstić information content (AvgIpc) is 3.27. The summed E-state index contributed by atoms with van der Waals surface area (Å²) in [6, 6.07) is 20.0. The Balaban J connectivity index is 1.43. The molecule has 0 aliphatic carbocycles. The summed E-state index contributed by atoms with van der Waals surface area (Å²) in [6.07, 6.45) is 2.50. The maximum Gasteiger partial charge on any atom is 0.270 e. The van der Waals surface area contributed by atoms with E-state index in [0.29, 0.717) is 52.2 Å². The lowest BCUT2D eigenvalue weighted by molar-refractivity contribution is -0.122. The van der Waals surface area contributed by atoms with Crippen LogP contribution in [0.5, 0.6) is 5.75 Å². The summed E-state index contributed by atoms with van der Waals surface area (Å²) in [5, 5.41) is 9.81. The number of aromatic nitrogens is 1. The molecule has 0 spiro atoms. The van der Waals surface area contributed by atoms with Crippen LogP contribution in [0.3, 0.4) is 0 Å². The Morgan fingerprint density at radius 2 is 1.68 bits per heavy atom. The second-order valence-electron chi connectivity index (χ2n) is 9.95. The van der Waals surface area contributed by atoms with Gasteiger partial charge in [0.2, 0.25) is 0 Å². The largest absolute Gasteiger partial charge is 0.497 e. The molecule has 3 aromatic rings. The number of hydrogen-bond donors (Lipinski definition) is 0. The minimum absolute atomic E-state index is 0.0823. The van der Waals surface area contributed by atoms with Gasteiger partial charge < -0.3 is 14.5 Å². The summed E-state index contributed by atoms with van der Waals surface area (Å²) in [5.41, 5.74) is 3.25. The van der Waals surface area contributed by atoms with E-state index in [2.05, 4.69) is 15.9 Å². The first kappa shape index (κ1) is 28.5. The minimum Gasteiger partial charge on any atom is -0.497 e. The molecule has 2 aliphatic heterocycles. The minimum atomic E-state index is -0.342. The van der Waals surface area contributed by atoms with Gasteiger partial charge in [-0.15, -0.1) is 0 Å². The molecule has 0 bridgehead atoms. The Bertz CT molecular complexity index is 1600. The predicted molar refractivity (Wildman–Crippen MR) is 169 cm³/mol. The van der Waals surface area contributed by atoms with E-state index in [1.165, 1.54) is 16.3 Å². The van der Waals surface area contributed by atoms with Gasteiger partial charge in [-0.1, -0.05) is 54.3 Å². The molecule has 0 radical (unpaired) electrons. The predicted octanol–water partition coefficient (Wildman–Crippen LogP) is 4.34. The summed E-state index contributed by atoms with van der Waals surface area (Å²) < 4.78 is 7.33. The Morgan fingerprint density at radius 3 is 2.32 bits per heavy atom. The third-order valence-corrected chi connectivity index (χ3v) is 8.98. The van der Waals surface area contributed by atoms with Gasteiger partial charge in [0, 0.05) is 51.0 Å². The molecule has 10 heteroatoms. The first-order chi connectivity index (χ1) is 19.8. The van der Waals surface area contributed by atoms with E-state index in [4.69, 9.17) is 17.0 Å². The number of piperazine rings is 1. The van der Waals surface area contributed by atoms with Crippen molar-refractivity contribution in [3.05, 3.63) is 92.1 Å². The van der Waals surface area contributed by atoms with Crippen molar-refractivity contribution in [1.82, 2.24) is 9.47 Å². The second kappa shape index (κ2) is 12.2. The maximum absolute atomic E-state index is 13.5. The highest BCUT2D eigenvalue weighted by Crippen LogP contribution is 2.36. The van der Waals surface area contributed by atoms with E-state index in [1.807, 2.05) is 60.7 Å². The molecule has 2 fully saturated rings. The Morgan fingerprint density at radius 1 is 1.02 bits per heavy atom. The fourth-order valence-corrected chi connectivity index (χ4v) is 6.56. The van der Waals surface area contributed by atoms with Crippen molar-refractivity contribution in [3.8, 4) is 11.8 Å². The smallest absolute Gasteiger partial charge is 0.270 e. The highest BCUT2D eigenvalue weighted by atomic mass is 32.2. The first-order valence-corrected chi connectivity index (χ1v) is 14.6. The first-order valence-electron chi connectivity index (χ1n) is 13.4. The number of nitrogens with zero attached hydrogens (tertiary/aromatic N) is 5. The van der Waals surface area contributed by atoms with Crippen molar-refractivity contribution < 1.29 is 9.53 Å². The zero-order valence-electron chi connectivity index (χ0n) is 23.3. The zero-order chi connectivity index (χ0) is 29.1. The van der Waals surface area contributed by atoms with Crippen LogP contribution in [0.15, 0.2) is 64.3 Å². The van der Waals surface area contributed by atoms with Crippen molar-refractivity contribution in [3.63, 3.8) is 0 Å². The number of rotatable bonds is 7. The fourth-order valence-electron chi connectivity index (χ4n) is 5.27. The van der Waals surface area contributed by atoms with Gasteiger partial charge in [-0.25, -0.2) is 0 Å². The molecular weight excluding hydrogens is 555 g/mol. The van der Waals surface area contributed by atoms with Gasteiger partial charge in [-0.05, 0) is 54.8 Å². The molecule has 1 amide bonds. The molecule has 41 heavy (non-hydrogen) atoms. The highest BCUT2D eigenvalue weighted by Gasteiger charge is 2.33. The standard InChI is InChI=1S/C31H31N5O3S2/c1-21-25(19-27-30(38)36(31(40)41-27)14-13-22-7-5-4-6-8-22)28(33(2)29(37)26(21)20-32)35-17-15-34(16-18-35)23-9-11-24(39-3)12-10-23/h4-12,19H,13-18H2,1-3H3/b27-19-. The molecule has 0 unspecified atom stereocenters. The molecule has 210 valence electrons. The van der Waals surface area contributed by atoms with E-state index in [0.717, 1.165) is 30.1 Å². The van der Waals surface area contributed by atoms with Gasteiger partial charge in [0.1, 0.15) is 27.5 Å². The Hall–Kier alpha value is -4.07. The lowest BCUT2D eigenvalue weighted by Gasteiger charge is -2.38. The maximum atomic E-state index is 13.5. The normalized spacial score (nSPS) is 16.4. The topological polar surface area (TPSA) is 81.8 Å². The third kappa shape index (κ3) is 5.73. The van der Waals surface area contributed by atoms with Gasteiger partial charge in [0.05, 0.1) is 12.0 Å². The number of thioether (sulfide) groups is 1. The van der Waals surface area contributed by atoms with Crippen molar-refractivity contribution in [2.75, 3.05) is 49.6 Å². The fraction of sp³-hybridized carbons (Fsp3) is 0.290. The van der Waals surface area contributed by atoms with Gasteiger partial charge in [0.25, 0.3) is 11.5 Å². The van der Waals surface area contributed by atoms with E-state index < -0.39 is 0 Å². The van der Waals surface area contributed by atoms with E-state index >= 15 is 0 Å². The number of benzene rings is 2. The quantitative estimate of drug-likeness (QED) is 0.299. The molecular formula is C31H31N5O3S2. The van der Waals surface area contributed by atoms with Gasteiger partial charge in [-0.2, -0.15) is 5.26 Å². The van der Waals surface area contributed by atoms with Crippen molar-refractivity contribution >= 4 is 51.8 Å². The van der Waals surface area contributed by atoms with Crippen LogP contribution in [0.4, 0.5) is 11.5 Å². The number of pyridine rings is 1. The number of carbonyl (C=O) groups is 1. The van der Waals surface area contributed by atoms with E-state index in [-0.39, 0.29) is 17.0 Å². The molecule has 0 N–H and O–H groups in total. The summed E-state index contributed by atoms with van der Waals surface area (Å²) in [6.45, 7) is 5.11. The molecule has 5 rings (SSSR count). The summed E-state index contributed by atoms with van der Waals surface area (Å²) in [4.78, 5) is 33.2. The van der Waals surface area contributed by atoms with Crippen LogP contribution in [-0.4, -0.2) is 59.5 Å². The third-order valence-electron chi connectivity index (χ3n) is 7.60. The molecule has 1 aromatic heterocycles. The monoisotopic (exact) mass is 585 g/mol. The number of hydrogen-bond acceptors (Lipinski definition) is 8. The lowest BCUT2D eigenvalue weighted by Crippen LogP contribution is -2.48. The molecule has 3 heterocycles. The number of anilines is 2. The second-order valence-corrected chi connectivity index (χ2v) is 11.6. The van der Waals surface area contributed by atoms with Crippen LogP contribution >= 0.6 is 24.0 Å². The number of carbonyl (C=O) groups excluding carboxylic acids is 1. The molecule has 2 aromatic carbocycles.